The van der Waals surface area contributed by atoms with Gasteiger partial charge in [-0.1, -0.05) is 13.8 Å². The minimum absolute atomic E-state index is 0.0280. The van der Waals surface area contributed by atoms with Gasteiger partial charge < -0.3 is 20.7 Å². The molecule has 0 rings (SSSR count). The van der Waals surface area contributed by atoms with Crippen molar-refractivity contribution >= 4 is 21.9 Å². The normalized spacial score (nSPS) is 13.3. The van der Waals surface area contributed by atoms with Gasteiger partial charge in [-0.15, -0.1) is 0 Å². The number of hydrogen-bond acceptors (Lipinski definition) is 5. The monoisotopic (exact) mass is 392 g/mol. The van der Waals surface area contributed by atoms with Gasteiger partial charge in [0, 0.05) is 19.3 Å². The fourth-order valence-electron chi connectivity index (χ4n) is 2.14. The maximum atomic E-state index is 12.2. The van der Waals surface area contributed by atoms with Crippen molar-refractivity contribution in [1.82, 2.24) is 16.0 Å². The molecule has 1 amide bonds. The maximum absolute atomic E-state index is 12.2. The van der Waals surface area contributed by atoms with Gasteiger partial charge in [0.1, 0.15) is 15.4 Å². The molecule has 0 aliphatic rings. The van der Waals surface area contributed by atoms with E-state index in [4.69, 9.17) is 4.74 Å². The average molecular weight is 393 g/mol. The van der Waals surface area contributed by atoms with Crippen LogP contribution in [-0.2, 0) is 14.6 Å². The number of carbonyl (C=O) groups excluding carboxylic acids is 1. The number of alkyl carbamates (subject to hydrolysis) is 1. The Kier molecular flexibility index (Phi) is 9.98. The van der Waals surface area contributed by atoms with Gasteiger partial charge in [-0.25, -0.2) is 13.2 Å². The lowest BCUT2D eigenvalue weighted by molar-refractivity contribution is 0.0452. The van der Waals surface area contributed by atoms with Gasteiger partial charge in [-0.2, -0.15) is 0 Å². The molecular weight excluding hydrogens is 356 g/mol. The highest BCUT2D eigenvalue weighted by Crippen LogP contribution is 2.17. The first-order valence-corrected chi connectivity index (χ1v) is 11.1. The molecule has 0 aromatic carbocycles. The van der Waals surface area contributed by atoms with E-state index < -0.39 is 27.1 Å². The van der Waals surface area contributed by atoms with E-state index >= 15 is 0 Å². The summed E-state index contributed by atoms with van der Waals surface area (Å²) in [4.78, 5) is 16.7. The number of hydrogen-bond donors (Lipinski definition) is 3. The highest BCUT2D eigenvalue weighted by atomic mass is 32.2. The molecule has 26 heavy (non-hydrogen) atoms. The molecule has 9 heteroatoms. The molecule has 0 aliphatic carbocycles. The third-order valence-corrected chi connectivity index (χ3v) is 4.71. The summed E-state index contributed by atoms with van der Waals surface area (Å²) >= 11 is 0. The molecule has 0 aliphatic heterocycles. The molecule has 0 spiro atoms. The third-order valence-electron chi connectivity index (χ3n) is 3.77. The van der Waals surface area contributed by atoms with Crippen LogP contribution in [0.1, 0.15) is 54.4 Å². The highest BCUT2D eigenvalue weighted by molar-refractivity contribution is 7.90. The molecular formula is C17H36N4O4S. The Hall–Kier alpha value is -1.51. The van der Waals surface area contributed by atoms with Crippen LogP contribution in [0.4, 0.5) is 4.79 Å². The van der Waals surface area contributed by atoms with E-state index in [2.05, 4.69) is 20.9 Å². The predicted molar refractivity (Wildman–Crippen MR) is 106 cm³/mol. The molecule has 0 saturated carbocycles. The van der Waals surface area contributed by atoms with Crippen LogP contribution in [0, 0.1) is 0 Å². The Labute approximate surface area is 158 Å². The summed E-state index contributed by atoms with van der Waals surface area (Å²) in [6.07, 6.45) is 2.11. The zero-order chi connectivity index (χ0) is 20.4. The fourth-order valence-corrected chi connectivity index (χ4v) is 2.61. The SMILES string of the molecule is CCNC(=NCC(CC)(CC)NC(=O)OC(C)(C)C)NCCS(C)(=O)=O. The standard InChI is InChI=1S/C17H36N4O4S/c1-8-17(9-2,21-15(22)25-16(4,5)6)13-20-14(18-10-3)19-11-12-26(7,23)24/h8-13H2,1-7H3,(H,21,22)(H2,18,19,20). The maximum Gasteiger partial charge on any atom is 0.408 e. The van der Waals surface area contributed by atoms with Crippen molar-refractivity contribution in [2.45, 2.75) is 65.5 Å². The summed E-state index contributed by atoms with van der Waals surface area (Å²) in [5.41, 5.74) is -1.09. The van der Waals surface area contributed by atoms with E-state index in [1.54, 1.807) is 0 Å². The summed E-state index contributed by atoms with van der Waals surface area (Å²) in [6, 6.07) is 0. The lowest BCUT2D eigenvalue weighted by Gasteiger charge is -2.32. The second-order valence-corrected chi connectivity index (χ2v) is 9.63. The fraction of sp³-hybridized carbons (Fsp3) is 0.882. The molecule has 0 unspecified atom stereocenters. The van der Waals surface area contributed by atoms with Crippen LogP contribution in [-0.4, -0.2) is 63.3 Å². The summed E-state index contributed by atoms with van der Waals surface area (Å²) in [5, 5.41) is 9.03. The smallest absolute Gasteiger partial charge is 0.408 e. The first-order chi connectivity index (χ1) is 11.9. The Bertz CT molecular complexity index is 564. The summed E-state index contributed by atoms with van der Waals surface area (Å²) in [7, 11) is -3.04. The van der Waals surface area contributed by atoms with E-state index in [0.717, 1.165) is 0 Å². The van der Waals surface area contributed by atoms with Crippen molar-refractivity contribution in [2.75, 3.05) is 31.6 Å². The minimum Gasteiger partial charge on any atom is -0.444 e. The zero-order valence-corrected chi connectivity index (χ0v) is 18.0. The van der Waals surface area contributed by atoms with E-state index in [0.29, 0.717) is 31.9 Å². The van der Waals surface area contributed by atoms with E-state index in [9.17, 15) is 13.2 Å². The minimum atomic E-state index is -3.04. The Balaban J connectivity index is 5.04. The third kappa shape index (κ3) is 11.2. The molecule has 0 aromatic heterocycles. The molecule has 154 valence electrons. The van der Waals surface area contributed by atoms with Crippen LogP contribution in [0.15, 0.2) is 4.99 Å². The summed E-state index contributed by atoms with van der Waals surface area (Å²) in [5.74, 6) is 0.550. The molecule has 0 atom stereocenters. The Morgan fingerprint density at radius 3 is 2.08 bits per heavy atom. The second kappa shape index (κ2) is 10.6. The molecule has 0 radical (unpaired) electrons. The molecule has 0 bridgehead atoms. The number of amides is 1. The lowest BCUT2D eigenvalue weighted by Crippen LogP contribution is -2.52. The topological polar surface area (TPSA) is 109 Å². The first kappa shape index (κ1) is 24.5. The van der Waals surface area contributed by atoms with Gasteiger partial charge >= 0.3 is 6.09 Å². The van der Waals surface area contributed by atoms with Crippen LogP contribution in [0.25, 0.3) is 0 Å². The van der Waals surface area contributed by atoms with Crippen molar-refractivity contribution in [3.8, 4) is 0 Å². The van der Waals surface area contributed by atoms with Gasteiger partial charge in [0.2, 0.25) is 0 Å². The van der Waals surface area contributed by atoms with E-state index in [-0.39, 0.29) is 12.3 Å². The molecule has 0 heterocycles. The number of guanidine groups is 1. The number of ether oxygens (including phenoxy) is 1. The van der Waals surface area contributed by atoms with Gasteiger partial charge in [-0.3, -0.25) is 4.99 Å². The quantitative estimate of drug-likeness (QED) is 0.407. The van der Waals surface area contributed by atoms with Crippen molar-refractivity contribution < 1.29 is 17.9 Å². The Morgan fingerprint density at radius 2 is 1.65 bits per heavy atom. The van der Waals surface area contributed by atoms with Crippen LogP contribution in [0.3, 0.4) is 0 Å². The van der Waals surface area contributed by atoms with Crippen LogP contribution >= 0.6 is 0 Å². The van der Waals surface area contributed by atoms with Crippen LogP contribution < -0.4 is 16.0 Å². The molecule has 3 N–H and O–H groups in total. The zero-order valence-electron chi connectivity index (χ0n) is 17.2. The second-order valence-electron chi connectivity index (χ2n) is 7.37. The van der Waals surface area contributed by atoms with E-state index in [1.807, 2.05) is 41.5 Å². The number of sulfone groups is 1. The average Bonchev–Trinajstić information content (AvgIpc) is 2.48. The largest absolute Gasteiger partial charge is 0.444 e. The number of carbonyl (C=O) groups is 1. The van der Waals surface area contributed by atoms with Crippen molar-refractivity contribution in [3.63, 3.8) is 0 Å². The molecule has 0 aromatic rings. The summed E-state index contributed by atoms with van der Waals surface area (Å²) < 4.78 is 27.9. The van der Waals surface area contributed by atoms with Gasteiger partial charge in [0.15, 0.2) is 5.96 Å². The van der Waals surface area contributed by atoms with Gasteiger partial charge in [-0.05, 0) is 40.5 Å². The number of aliphatic imine (C=N–C) groups is 1. The van der Waals surface area contributed by atoms with Crippen molar-refractivity contribution in [1.29, 1.82) is 0 Å². The molecule has 0 fully saturated rings. The summed E-state index contributed by atoms with van der Waals surface area (Å²) in [6.45, 7) is 12.6. The number of nitrogens with one attached hydrogen (secondary N) is 3. The van der Waals surface area contributed by atoms with Crippen molar-refractivity contribution in [2.24, 2.45) is 4.99 Å². The van der Waals surface area contributed by atoms with Crippen LogP contribution in [0.5, 0.6) is 0 Å². The van der Waals surface area contributed by atoms with Gasteiger partial charge in [0.25, 0.3) is 0 Å². The Morgan fingerprint density at radius 1 is 1.08 bits per heavy atom. The molecule has 0 saturated heterocycles. The highest BCUT2D eigenvalue weighted by Gasteiger charge is 2.30. The number of rotatable bonds is 9. The van der Waals surface area contributed by atoms with Gasteiger partial charge in [0.05, 0.1) is 17.8 Å². The first-order valence-electron chi connectivity index (χ1n) is 9.07. The predicted octanol–water partition coefficient (Wildman–Crippen LogP) is 1.67. The van der Waals surface area contributed by atoms with Crippen molar-refractivity contribution in [3.05, 3.63) is 0 Å². The molecule has 8 nitrogen and oxygen atoms in total. The number of nitrogens with zero attached hydrogens (tertiary/aromatic N) is 1. The van der Waals surface area contributed by atoms with E-state index in [1.165, 1.54) is 6.26 Å². The lowest BCUT2D eigenvalue weighted by atomic mass is 9.93. The van der Waals surface area contributed by atoms with Crippen LogP contribution in [0.2, 0.25) is 0 Å².